The predicted octanol–water partition coefficient (Wildman–Crippen LogP) is 2.35. The van der Waals surface area contributed by atoms with Gasteiger partial charge in [0, 0.05) is 13.2 Å². The molecule has 0 aliphatic carbocycles. The molecule has 0 rings (SSSR count). The van der Waals surface area contributed by atoms with Gasteiger partial charge in [-0.1, -0.05) is 20.8 Å². The fraction of sp³-hybridized carbons (Fsp3) is 0.909. The predicted molar refractivity (Wildman–Crippen MR) is 61.7 cm³/mol. The molecule has 0 bridgehead atoms. The summed E-state index contributed by atoms with van der Waals surface area (Å²) in [5.41, 5.74) is 5.64. The minimum absolute atomic E-state index is 0.329. The van der Waals surface area contributed by atoms with Gasteiger partial charge in [-0.05, 0) is 26.2 Å². The SMILES string of the molecule is CCCN=C(N)C(CC)(CC)OCC. The molecule has 0 aromatic rings. The maximum atomic E-state index is 5.97. The standard InChI is InChI=1S/C11H24N2O/c1-5-9-13-10(12)11(6-2,7-3)14-8-4/h5-9H2,1-4H3,(H2,12,13). The van der Waals surface area contributed by atoms with Crippen LogP contribution in [0, 0.1) is 0 Å². The van der Waals surface area contributed by atoms with Crippen molar-refractivity contribution in [2.45, 2.75) is 52.6 Å². The Balaban J connectivity index is 4.60. The number of ether oxygens (including phenoxy) is 1. The summed E-state index contributed by atoms with van der Waals surface area (Å²) in [5, 5.41) is 0. The first-order valence-electron chi connectivity index (χ1n) is 5.61. The third kappa shape index (κ3) is 3.29. The molecule has 0 aromatic heterocycles. The van der Waals surface area contributed by atoms with Crippen LogP contribution in [0.1, 0.15) is 47.0 Å². The third-order valence-electron chi connectivity index (χ3n) is 2.54. The van der Waals surface area contributed by atoms with Crippen molar-refractivity contribution in [3.8, 4) is 0 Å². The minimum atomic E-state index is -0.329. The van der Waals surface area contributed by atoms with Crippen molar-refractivity contribution >= 4 is 5.84 Å². The third-order valence-corrected chi connectivity index (χ3v) is 2.54. The van der Waals surface area contributed by atoms with Gasteiger partial charge in [-0.15, -0.1) is 0 Å². The lowest BCUT2D eigenvalue weighted by Crippen LogP contribution is -2.45. The molecule has 0 aliphatic rings. The lowest BCUT2D eigenvalue weighted by atomic mass is 9.95. The highest BCUT2D eigenvalue weighted by Crippen LogP contribution is 2.20. The molecular formula is C11H24N2O. The Labute approximate surface area is 87.7 Å². The molecule has 0 spiro atoms. The van der Waals surface area contributed by atoms with Crippen LogP contribution in [0.2, 0.25) is 0 Å². The van der Waals surface area contributed by atoms with Gasteiger partial charge < -0.3 is 10.5 Å². The number of amidine groups is 1. The van der Waals surface area contributed by atoms with Gasteiger partial charge in [-0.2, -0.15) is 0 Å². The van der Waals surface area contributed by atoms with Crippen molar-refractivity contribution in [1.29, 1.82) is 0 Å². The van der Waals surface area contributed by atoms with E-state index in [0.717, 1.165) is 25.8 Å². The van der Waals surface area contributed by atoms with Crippen molar-refractivity contribution in [2.24, 2.45) is 10.7 Å². The number of hydrogen-bond acceptors (Lipinski definition) is 2. The van der Waals surface area contributed by atoms with E-state index in [1.54, 1.807) is 0 Å². The number of hydrogen-bond donors (Lipinski definition) is 1. The summed E-state index contributed by atoms with van der Waals surface area (Å²) in [5.74, 6) is 0.659. The zero-order valence-corrected chi connectivity index (χ0v) is 9.97. The van der Waals surface area contributed by atoms with Gasteiger partial charge in [0.1, 0.15) is 11.4 Å². The first-order valence-corrected chi connectivity index (χ1v) is 5.61. The molecular weight excluding hydrogens is 176 g/mol. The molecule has 0 heterocycles. The zero-order valence-electron chi connectivity index (χ0n) is 9.97. The molecule has 0 atom stereocenters. The van der Waals surface area contributed by atoms with Gasteiger partial charge in [0.05, 0.1) is 0 Å². The normalized spacial score (nSPS) is 13.3. The molecule has 84 valence electrons. The van der Waals surface area contributed by atoms with Crippen molar-refractivity contribution < 1.29 is 4.74 Å². The number of aliphatic imine (C=N–C) groups is 1. The first-order chi connectivity index (χ1) is 6.66. The van der Waals surface area contributed by atoms with Crippen LogP contribution in [-0.4, -0.2) is 24.6 Å². The molecule has 0 unspecified atom stereocenters. The summed E-state index contributed by atoms with van der Waals surface area (Å²) in [6.07, 6.45) is 2.79. The van der Waals surface area contributed by atoms with Crippen molar-refractivity contribution in [2.75, 3.05) is 13.2 Å². The Morgan fingerprint density at radius 1 is 1.21 bits per heavy atom. The molecule has 2 N–H and O–H groups in total. The fourth-order valence-corrected chi connectivity index (χ4v) is 1.54. The zero-order chi connectivity index (χ0) is 11.0. The fourth-order valence-electron chi connectivity index (χ4n) is 1.54. The second-order valence-corrected chi connectivity index (χ2v) is 3.40. The first kappa shape index (κ1) is 13.4. The van der Waals surface area contributed by atoms with Crippen molar-refractivity contribution in [3.05, 3.63) is 0 Å². The van der Waals surface area contributed by atoms with Gasteiger partial charge in [-0.25, -0.2) is 0 Å². The molecule has 0 aromatic carbocycles. The van der Waals surface area contributed by atoms with Gasteiger partial charge in [-0.3, -0.25) is 4.99 Å². The molecule has 0 fully saturated rings. The highest BCUT2D eigenvalue weighted by Gasteiger charge is 2.30. The number of nitrogens with zero attached hydrogens (tertiary/aromatic N) is 1. The molecule has 0 radical (unpaired) electrons. The van der Waals surface area contributed by atoms with E-state index in [-0.39, 0.29) is 5.60 Å². The Kier molecular flexibility index (Phi) is 6.54. The highest BCUT2D eigenvalue weighted by atomic mass is 16.5. The Hall–Kier alpha value is -0.570. The van der Waals surface area contributed by atoms with Crippen molar-refractivity contribution in [3.63, 3.8) is 0 Å². The number of nitrogens with two attached hydrogens (primary N) is 1. The maximum Gasteiger partial charge on any atom is 0.126 e. The summed E-state index contributed by atoms with van der Waals surface area (Å²) in [4.78, 5) is 4.34. The summed E-state index contributed by atoms with van der Waals surface area (Å²) in [6, 6.07) is 0. The summed E-state index contributed by atoms with van der Waals surface area (Å²) < 4.78 is 5.73. The smallest absolute Gasteiger partial charge is 0.126 e. The van der Waals surface area contributed by atoms with Crippen LogP contribution in [0.5, 0.6) is 0 Å². The Morgan fingerprint density at radius 3 is 2.14 bits per heavy atom. The van der Waals surface area contributed by atoms with Crippen LogP contribution in [0.25, 0.3) is 0 Å². The van der Waals surface area contributed by atoms with E-state index in [1.165, 1.54) is 0 Å². The molecule has 3 nitrogen and oxygen atoms in total. The second-order valence-electron chi connectivity index (χ2n) is 3.40. The molecule has 0 saturated carbocycles. The van der Waals surface area contributed by atoms with Crippen LogP contribution < -0.4 is 5.73 Å². The van der Waals surface area contributed by atoms with Gasteiger partial charge in [0.2, 0.25) is 0 Å². The second kappa shape index (κ2) is 6.82. The number of rotatable bonds is 7. The van der Waals surface area contributed by atoms with Crippen molar-refractivity contribution in [1.82, 2.24) is 0 Å². The van der Waals surface area contributed by atoms with Crippen LogP contribution in [0.3, 0.4) is 0 Å². The van der Waals surface area contributed by atoms with E-state index in [2.05, 4.69) is 25.8 Å². The van der Waals surface area contributed by atoms with Crippen LogP contribution in [0.4, 0.5) is 0 Å². The van der Waals surface area contributed by atoms with E-state index >= 15 is 0 Å². The average molecular weight is 200 g/mol. The molecule has 0 saturated heterocycles. The molecule has 0 aliphatic heterocycles. The van der Waals surface area contributed by atoms with Gasteiger partial charge >= 0.3 is 0 Å². The van der Waals surface area contributed by atoms with E-state index in [1.807, 2.05) is 6.92 Å². The van der Waals surface area contributed by atoms with Gasteiger partial charge in [0.15, 0.2) is 0 Å². The highest BCUT2D eigenvalue weighted by molar-refractivity contribution is 5.89. The molecule has 14 heavy (non-hydrogen) atoms. The van der Waals surface area contributed by atoms with E-state index in [4.69, 9.17) is 10.5 Å². The average Bonchev–Trinajstić information content (AvgIpc) is 2.22. The van der Waals surface area contributed by atoms with Crippen LogP contribution in [-0.2, 0) is 4.74 Å². The molecule has 3 heteroatoms. The lowest BCUT2D eigenvalue weighted by Gasteiger charge is -2.30. The van der Waals surface area contributed by atoms with E-state index in [0.29, 0.717) is 12.4 Å². The van der Waals surface area contributed by atoms with E-state index in [9.17, 15) is 0 Å². The summed E-state index contributed by atoms with van der Waals surface area (Å²) in [7, 11) is 0. The monoisotopic (exact) mass is 200 g/mol. The topological polar surface area (TPSA) is 47.6 Å². The molecule has 0 amide bonds. The van der Waals surface area contributed by atoms with Crippen LogP contribution in [0.15, 0.2) is 4.99 Å². The van der Waals surface area contributed by atoms with Gasteiger partial charge in [0.25, 0.3) is 0 Å². The summed E-state index contributed by atoms with van der Waals surface area (Å²) in [6.45, 7) is 9.75. The maximum absolute atomic E-state index is 5.97. The largest absolute Gasteiger partial charge is 0.385 e. The Morgan fingerprint density at radius 2 is 1.79 bits per heavy atom. The minimum Gasteiger partial charge on any atom is -0.385 e. The lowest BCUT2D eigenvalue weighted by molar-refractivity contribution is 0.00856. The Bertz CT molecular complexity index is 174. The quantitative estimate of drug-likeness (QED) is 0.506. The van der Waals surface area contributed by atoms with E-state index < -0.39 is 0 Å². The van der Waals surface area contributed by atoms with Crippen LogP contribution >= 0.6 is 0 Å². The summed E-state index contributed by atoms with van der Waals surface area (Å²) >= 11 is 0.